The van der Waals surface area contributed by atoms with Gasteiger partial charge in [-0.1, -0.05) is 0 Å². The molecule has 0 aliphatic carbocycles. The first-order chi connectivity index (χ1) is 6.84. The number of nitrogens with one attached hydrogen (secondary N) is 1. The Morgan fingerprint density at radius 3 is 2.93 bits per heavy atom. The first kappa shape index (κ1) is 8.68. The summed E-state index contributed by atoms with van der Waals surface area (Å²) >= 11 is 0. The standard InChI is InChI=1S/C9H11N5/c1-14-7-9(6-13-14)12-5-8-4-10-2-3-11-8/h2-4,6-7,12H,5H2,1H3. The van der Waals surface area contributed by atoms with Gasteiger partial charge >= 0.3 is 0 Å². The molecule has 0 aromatic carbocycles. The molecule has 0 amide bonds. The molecule has 0 unspecified atom stereocenters. The van der Waals surface area contributed by atoms with E-state index < -0.39 is 0 Å². The number of anilines is 1. The molecule has 2 aromatic rings. The Kier molecular flexibility index (Phi) is 2.40. The lowest BCUT2D eigenvalue weighted by molar-refractivity contribution is 0.768. The van der Waals surface area contributed by atoms with Gasteiger partial charge in [0.1, 0.15) is 0 Å². The summed E-state index contributed by atoms with van der Waals surface area (Å²) < 4.78 is 1.75. The molecular weight excluding hydrogens is 178 g/mol. The van der Waals surface area contributed by atoms with Crippen LogP contribution >= 0.6 is 0 Å². The Labute approximate surface area is 81.8 Å². The van der Waals surface area contributed by atoms with Crippen molar-refractivity contribution in [3.8, 4) is 0 Å². The van der Waals surface area contributed by atoms with E-state index in [-0.39, 0.29) is 0 Å². The van der Waals surface area contributed by atoms with Crippen molar-refractivity contribution in [1.29, 1.82) is 0 Å². The van der Waals surface area contributed by atoms with Gasteiger partial charge in [0.15, 0.2) is 0 Å². The zero-order valence-corrected chi connectivity index (χ0v) is 7.88. The maximum Gasteiger partial charge on any atom is 0.0777 e. The van der Waals surface area contributed by atoms with Crippen molar-refractivity contribution in [3.05, 3.63) is 36.7 Å². The van der Waals surface area contributed by atoms with Gasteiger partial charge in [-0.25, -0.2) is 0 Å². The Balaban J connectivity index is 1.95. The molecule has 2 aromatic heterocycles. The number of aromatic nitrogens is 4. The molecule has 0 bridgehead atoms. The monoisotopic (exact) mass is 189 g/mol. The van der Waals surface area contributed by atoms with E-state index in [0.717, 1.165) is 11.4 Å². The van der Waals surface area contributed by atoms with Gasteiger partial charge in [-0.15, -0.1) is 0 Å². The van der Waals surface area contributed by atoms with Gasteiger partial charge < -0.3 is 5.32 Å². The van der Waals surface area contributed by atoms with Gasteiger partial charge in [0, 0.05) is 25.6 Å². The Hall–Kier alpha value is -1.91. The highest BCUT2D eigenvalue weighted by Gasteiger charge is 1.96. The van der Waals surface area contributed by atoms with Gasteiger partial charge in [0.25, 0.3) is 0 Å². The predicted octanol–water partition coefficient (Wildman–Crippen LogP) is 0.822. The second kappa shape index (κ2) is 3.87. The van der Waals surface area contributed by atoms with Crippen molar-refractivity contribution in [2.45, 2.75) is 6.54 Å². The second-order valence-electron chi connectivity index (χ2n) is 2.95. The fourth-order valence-corrected chi connectivity index (χ4v) is 1.13. The normalized spacial score (nSPS) is 10.1. The average Bonchev–Trinajstić information content (AvgIpc) is 2.63. The Morgan fingerprint density at radius 1 is 1.36 bits per heavy atom. The average molecular weight is 189 g/mol. The van der Waals surface area contributed by atoms with Crippen LogP contribution in [-0.2, 0) is 13.6 Å². The van der Waals surface area contributed by atoms with Crippen molar-refractivity contribution in [2.24, 2.45) is 7.05 Å². The van der Waals surface area contributed by atoms with Crippen LogP contribution in [0.3, 0.4) is 0 Å². The quantitative estimate of drug-likeness (QED) is 0.776. The molecule has 5 nitrogen and oxygen atoms in total. The lowest BCUT2D eigenvalue weighted by atomic mass is 10.4. The summed E-state index contributed by atoms with van der Waals surface area (Å²) in [4.78, 5) is 8.13. The summed E-state index contributed by atoms with van der Waals surface area (Å²) in [5.74, 6) is 0. The van der Waals surface area contributed by atoms with E-state index in [1.807, 2.05) is 13.2 Å². The summed E-state index contributed by atoms with van der Waals surface area (Å²) in [6, 6.07) is 0. The lowest BCUT2D eigenvalue weighted by Crippen LogP contribution is -2.00. The highest BCUT2D eigenvalue weighted by Crippen LogP contribution is 2.04. The van der Waals surface area contributed by atoms with Gasteiger partial charge in [-0.3, -0.25) is 14.6 Å². The molecule has 2 heterocycles. The van der Waals surface area contributed by atoms with E-state index >= 15 is 0 Å². The maximum atomic E-state index is 4.15. The third-order valence-corrected chi connectivity index (χ3v) is 1.80. The molecule has 14 heavy (non-hydrogen) atoms. The zero-order valence-electron chi connectivity index (χ0n) is 7.88. The highest BCUT2D eigenvalue weighted by atomic mass is 15.3. The molecule has 0 fully saturated rings. The SMILES string of the molecule is Cn1cc(NCc2cnccn2)cn1. The van der Waals surface area contributed by atoms with E-state index in [2.05, 4.69) is 20.4 Å². The van der Waals surface area contributed by atoms with E-state index in [0.29, 0.717) is 6.54 Å². The molecule has 0 aliphatic rings. The van der Waals surface area contributed by atoms with E-state index in [9.17, 15) is 0 Å². The lowest BCUT2D eigenvalue weighted by Gasteiger charge is -2.00. The predicted molar refractivity (Wildman–Crippen MR) is 52.6 cm³/mol. The van der Waals surface area contributed by atoms with Crippen molar-refractivity contribution >= 4 is 5.69 Å². The van der Waals surface area contributed by atoms with Crippen molar-refractivity contribution < 1.29 is 0 Å². The van der Waals surface area contributed by atoms with Crippen LogP contribution in [0, 0.1) is 0 Å². The highest BCUT2D eigenvalue weighted by molar-refractivity contribution is 5.38. The maximum absolute atomic E-state index is 4.15. The van der Waals surface area contributed by atoms with Crippen molar-refractivity contribution in [3.63, 3.8) is 0 Å². The van der Waals surface area contributed by atoms with Crippen LogP contribution in [0.15, 0.2) is 31.0 Å². The van der Waals surface area contributed by atoms with E-state index in [1.54, 1.807) is 29.5 Å². The van der Waals surface area contributed by atoms with Crippen LogP contribution in [0.4, 0.5) is 5.69 Å². The van der Waals surface area contributed by atoms with Gasteiger partial charge in [-0.05, 0) is 0 Å². The molecule has 0 radical (unpaired) electrons. The van der Waals surface area contributed by atoms with Gasteiger partial charge in [0.2, 0.25) is 0 Å². The number of rotatable bonds is 3. The minimum absolute atomic E-state index is 0.666. The van der Waals surface area contributed by atoms with Gasteiger partial charge in [0.05, 0.1) is 30.3 Å². The van der Waals surface area contributed by atoms with Crippen LogP contribution in [0.25, 0.3) is 0 Å². The molecule has 0 saturated carbocycles. The van der Waals surface area contributed by atoms with Crippen LogP contribution in [0.1, 0.15) is 5.69 Å². The molecule has 0 spiro atoms. The summed E-state index contributed by atoms with van der Waals surface area (Å²) in [5.41, 5.74) is 1.90. The third kappa shape index (κ3) is 2.07. The number of hydrogen-bond acceptors (Lipinski definition) is 4. The van der Waals surface area contributed by atoms with E-state index in [1.165, 1.54) is 0 Å². The van der Waals surface area contributed by atoms with Crippen LogP contribution in [0.5, 0.6) is 0 Å². The molecule has 1 N–H and O–H groups in total. The summed E-state index contributed by atoms with van der Waals surface area (Å²) in [6.45, 7) is 0.666. The fourth-order valence-electron chi connectivity index (χ4n) is 1.13. The van der Waals surface area contributed by atoms with Crippen molar-refractivity contribution in [1.82, 2.24) is 19.7 Å². The van der Waals surface area contributed by atoms with Crippen LogP contribution in [-0.4, -0.2) is 19.7 Å². The van der Waals surface area contributed by atoms with Crippen LogP contribution < -0.4 is 5.32 Å². The second-order valence-corrected chi connectivity index (χ2v) is 2.95. The molecule has 5 heteroatoms. The van der Waals surface area contributed by atoms with E-state index in [4.69, 9.17) is 0 Å². The summed E-state index contributed by atoms with van der Waals surface area (Å²) in [7, 11) is 1.88. The molecule has 0 aliphatic heterocycles. The summed E-state index contributed by atoms with van der Waals surface area (Å²) in [5, 5.41) is 7.24. The molecule has 0 saturated heterocycles. The molecular formula is C9H11N5. The minimum Gasteiger partial charge on any atom is -0.377 e. The number of hydrogen-bond donors (Lipinski definition) is 1. The first-order valence-corrected chi connectivity index (χ1v) is 4.32. The third-order valence-electron chi connectivity index (χ3n) is 1.80. The largest absolute Gasteiger partial charge is 0.377 e. The topological polar surface area (TPSA) is 55.6 Å². The molecule has 0 atom stereocenters. The summed E-state index contributed by atoms with van der Waals surface area (Å²) in [6.07, 6.45) is 8.77. The minimum atomic E-state index is 0.666. The first-order valence-electron chi connectivity index (χ1n) is 4.32. The van der Waals surface area contributed by atoms with Crippen LogP contribution in [0.2, 0.25) is 0 Å². The Morgan fingerprint density at radius 2 is 2.29 bits per heavy atom. The zero-order chi connectivity index (χ0) is 9.80. The molecule has 72 valence electrons. The van der Waals surface area contributed by atoms with Gasteiger partial charge in [-0.2, -0.15) is 5.10 Å². The fraction of sp³-hybridized carbons (Fsp3) is 0.222. The van der Waals surface area contributed by atoms with Crippen molar-refractivity contribution in [2.75, 3.05) is 5.32 Å². The number of aryl methyl sites for hydroxylation is 1. The Bertz CT molecular complexity index is 395. The molecule has 2 rings (SSSR count). The smallest absolute Gasteiger partial charge is 0.0777 e. The number of nitrogens with zero attached hydrogens (tertiary/aromatic N) is 4.